The van der Waals surface area contributed by atoms with Crippen LogP contribution in [0, 0.1) is 11.8 Å². The van der Waals surface area contributed by atoms with Crippen LogP contribution in [0.3, 0.4) is 0 Å². The first kappa shape index (κ1) is 18.7. The molecule has 22 heavy (non-hydrogen) atoms. The van der Waals surface area contributed by atoms with Gasteiger partial charge in [0.25, 0.3) is 0 Å². The van der Waals surface area contributed by atoms with Gasteiger partial charge in [0.15, 0.2) is 0 Å². The Morgan fingerprint density at radius 3 is 2.36 bits per heavy atom. The highest BCUT2D eigenvalue weighted by molar-refractivity contribution is 5.87. The molecule has 0 radical (unpaired) electrons. The van der Waals surface area contributed by atoms with Crippen LogP contribution in [0.5, 0.6) is 0 Å². The summed E-state index contributed by atoms with van der Waals surface area (Å²) in [5, 5.41) is 2.40. The van der Waals surface area contributed by atoms with Crippen LogP contribution in [0.25, 0.3) is 0 Å². The monoisotopic (exact) mass is 323 g/mol. The van der Waals surface area contributed by atoms with Gasteiger partial charge in [-0.1, -0.05) is 13.8 Å². The molecular formula is C14H24F3N3O2. The molecule has 1 saturated carbocycles. The molecule has 5 nitrogen and oxygen atoms in total. The first-order chi connectivity index (χ1) is 10.1. The van der Waals surface area contributed by atoms with E-state index in [0.717, 1.165) is 12.8 Å². The van der Waals surface area contributed by atoms with Crippen molar-refractivity contribution in [3.05, 3.63) is 0 Å². The van der Waals surface area contributed by atoms with Crippen LogP contribution in [0.1, 0.15) is 33.1 Å². The van der Waals surface area contributed by atoms with Gasteiger partial charge in [-0.15, -0.1) is 0 Å². The number of nitrogens with two attached hydrogens (primary N) is 1. The molecule has 0 spiro atoms. The second kappa shape index (κ2) is 7.80. The van der Waals surface area contributed by atoms with Crippen molar-refractivity contribution in [1.82, 2.24) is 10.2 Å². The first-order valence-electron chi connectivity index (χ1n) is 7.48. The summed E-state index contributed by atoms with van der Waals surface area (Å²) in [6, 6.07) is -0.736. The van der Waals surface area contributed by atoms with E-state index < -0.39 is 30.5 Å². The van der Waals surface area contributed by atoms with E-state index in [1.807, 2.05) is 0 Å². The summed E-state index contributed by atoms with van der Waals surface area (Å²) < 4.78 is 37.0. The van der Waals surface area contributed by atoms with E-state index in [4.69, 9.17) is 5.73 Å². The van der Waals surface area contributed by atoms with Crippen molar-refractivity contribution in [2.24, 2.45) is 17.6 Å². The first-order valence-corrected chi connectivity index (χ1v) is 7.48. The van der Waals surface area contributed by atoms with Gasteiger partial charge >= 0.3 is 6.18 Å². The Hall–Kier alpha value is -1.31. The lowest BCUT2D eigenvalue weighted by Crippen LogP contribution is -2.48. The Morgan fingerprint density at radius 2 is 1.91 bits per heavy atom. The fraction of sp³-hybridized carbons (Fsp3) is 0.857. The molecule has 1 rings (SSSR count). The molecule has 0 bridgehead atoms. The maximum absolute atomic E-state index is 12.3. The van der Waals surface area contributed by atoms with Gasteiger partial charge in [-0.25, -0.2) is 0 Å². The highest BCUT2D eigenvalue weighted by atomic mass is 19.4. The molecule has 0 saturated heterocycles. The minimum Gasteiger partial charge on any atom is -0.346 e. The molecule has 0 aromatic rings. The highest BCUT2D eigenvalue weighted by Gasteiger charge is 2.32. The van der Waals surface area contributed by atoms with Crippen molar-refractivity contribution in [2.75, 3.05) is 19.6 Å². The minimum absolute atomic E-state index is 0.0806. The van der Waals surface area contributed by atoms with Gasteiger partial charge in [-0.3, -0.25) is 9.59 Å². The van der Waals surface area contributed by atoms with Gasteiger partial charge in [0.05, 0.1) is 19.0 Å². The molecule has 1 atom stereocenters. The predicted octanol–water partition coefficient (Wildman–Crippen LogP) is 1.28. The Labute approximate surface area is 128 Å². The van der Waals surface area contributed by atoms with E-state index >= 15 is 0 Å². The SMILES string of the molecule is CC(C)[C@H](N)C(=O)NCC(=O)N(CCC(F)(F)F)CC1CC1. The van der Waals surface area contributed by atoms with E-state index in [0.29, 0.717) is 6.54 Å². The summed E-state index contributed by atoms with van der Waals surface area (Å²) in [7, 11) is 0. The predicted molar refractivity (Wildman–Crippen MR) is 75.8 cm³/mol. The van der Waals surface area contributed by atoms with Crippen molar-refractivity contribution >= 4 is 11.8 Å². The molecule has 0 aromatic heterocycles. The number of nitrogens with one attached hydrogen (secondary N) is 1. The molecular weight excluding hydrogens is 299 g/mol. The average molecular weight is 323 g/mol. The molecule has 0 heterocycles. The van der Waals surface area contributed by atoms with Crippen molar-refractivity contribution < 1.29 is 22.8 Å². The highest BCUT2D eigenvalue weighted by Crippen LogP contribution is 2.30. The zero-order valence-corrected chi connectivity index (χ0v) is 12.9. The lowest BCUT2D eigenvalue weighted by atomic mass is 10.1. The van der Waals surface area contributed by atoms with E-state index in [9.17, 15) is 22.8 Å². The summed E-state index contributed by atoms with van der Waals surface area (Å²) >= 11 is 0. The number of carbonyl (C=O) groups is 2. The van der Waals surface area contributed by atoms with Crippen molar-refractivity contribution in [3.63, 3.8) is 0 Å². The third kappa shape index (κ3) is 7.11. The van der Waals surface area contributed by atoms with Crippen LogP contribution in [-0.2, 0) is 9.59 Å². The van der Waals surface area contributed by atoms with Gasteiger partial charge in [0.1, 0.15) is 0 Å². The number of rotatable bonds is 8. The summed E-state index contributed by atoms with van der Waals surface area (Å²) in [6.07, 6.45) is -3.48. The van der Waals surface area contributed by atoms with Gasteiger partial charge in [0, 0.05) is 13.1 Å². The number of hydrogen-bond donors (Lipinski definition) is 2. The fourth-order valence-electron chi connectivity index (χ4n) is 1.89. The van der Waals surface area contributed by atoms with Crippen LogP contribution in [0.15, 0.2) is 0 Å². The molecule has 8 heteroatoms. The maximum atomic E-state index is 12.3. The third-order valence-electron chi connectivity index (χ3n) is 3.63. The molecule has 1 aliphatic rings. The Kier molecular flexibility index (Phi) is 6.65. The van der Waals surface area contributed by atoms with Crippen molar-refractivity contribution in [1.29, 1.82) is 0 Å². The number of hydrogen-bond acceptors (Lipinski definition) is 3. The number of carbonyl (C=O) groups excluding carboxylic acids is 2. The van der Waals surface area contributed by atoms with Gasteiger partial charge in [-0.05, 0) is 24.7 Å². The lowest BCUT2D eigenvalue weighted by Gasteiger charge is -2.24. The van der Waals surface area contributed by atoms with E-state index in [1.54, 1.807) is 13.8 Å². The van der Waals surface area contributed by atoms with Gasteiger partial charge < -0.3 is 16.0 Å². The molecule has 3 N–H and O–H groups in total. The van der Waals surface area contributed by atoms with Crippen LogP contribution in [-0.4, -0.2) is 48.6 Å². The van der Waals surface area contributed by atoms with E-state index in [2.05, 4.69) is 5.32 Å². The summed E-state index contributed by atoms with van der Waals surface area (Å²) in [6.45, 7) is 3.18. The van der Waals surface area contributed by atoms with Crippen LogP contribution >= 0.6 is 0 Å². The standard InChI is InChI=1S/C14H24F3N3O2/c1-9(2)12(18)13(22)19-7-11(21)20(8-10-3-4-10)6-5-14(15,16)17/h9-10,12H,3-8,18H2,1-2H3,(H,19,22)/t12-/m0/s1. The summed E-state index contributed by atoms with van der Waals surface area (Å²) in [5.41, 5.74) is 5.64. The van der Waals surface area contributed by atoms with Crippen LogP contribution in [0.2, 0.25) is 0 Å². The van der Waals surface area contributed by atoms with Crippen molar-refractivity contribution in [2.45, 2.75) is 45.3 Å². The fourth-order valence-corrected chi connectivity index (χ4v) is 1.89. The molecule has 128 valence electrons. The smallest absolute Gasteiger partial charge is 0.346 e. The average Bonchev–Trinajstić information content (AvgIpc) is 3.22. The molecule has 0 aliphatic heterocycles. The third-order valence-corrected chi connectivity index (χ3v) is 3.63. The van der Waals surface area contributed by atoms with Gasteiger partial charge in [-0.2, -0.15) is 13.2 Å². The Balaban J connectivity index is 2.47. The quantitative estimate of drug-likeness (QED) is 0.706. The van der Waals surface area contributed by atoms with Crippen molar-refractivity contribution in [3.8, 4) is 0 Å². The molecule has 1 aliphatic carbocycles. The number of alkyl halides is 3. The van der Waals surface area contributed by atoms with Crippen LogP contribution < -0.4 is 11.1 Å². The summed E-state index contributed by atoms with van der Waals surface area (Å²) in [4.78, 5) is 24.9. The Morgan fingerprint density at radius 1 is 1.32 bits per heavy atom. The molecule has 2 amide bonds. The largest absolute Gasteiger partial charge is 0.390 e. The topological polar surface area (TPSA) is 75.4 Å². The van der Waals surface area contributed by atoms with Crippen LogP contribution in [0.4, 0.5) is 13.2 Å². The number of nitrogens with zero attached hydrogens (tertiary/aromatic N) is 1. The lowest BCUT2D eigenvalue weighted by molar-refractivity contribution is -0.146. The normalized spacial score (nSPS) is 16.5. The number of amides is 2. The second-order valence-electron chi connectivity index (χ2n) is 6.14. The zero-order chi connectivity index (χ0) is 16.9. The molecule has 1 fully saturated rings. The van der Waals surface area contributed by atoms with E-state index in [1.165, 1.54) is 4.90 Å². The summed E-state index contributed by atoms with van der Waals surface area (Å²) in [5.74, 6) is -0.764. The Bertz CT molecular complexity index is 395. The maximum Gasteiger partial charge on any atom is 0.390 e. The van der Waals surface area contributed by atoms with E-state index in [-0.39, 0.29) is 24.9 Å². The number of halogens is 3. The van der Waals surface area contributed by atoms with Gasteiger partial charge in [0.2, 0.25) is 11.8 Å². The second-order valence-corrected chi connectivity index (χ2v) is 6.14. The molecule has 0 aromatic carbocycles. The molecule has 0 unspecified atom stereocenters. The minimum atomic E-state index is -4.30. The zero-order valence-electron chi connectivity index (χ0n) is 12.9.